The number of hydrogen-bond donors (Lipinski definition) is 0. The number of esters is 1. The predicted molar refractivity (Wildman–Crippen MR) is 66.8 cm³/mol. The van der Waals surface area contributed by atoms with Crippen LogP contribution in [0.2, 0.25) is 0 Å². The van der Waals surface area contributed by atoms with E-state index < -0.39 is 5.60 Å². The van der Waals surface area contributed by atoms with Crippen LogP contribution in [0.25, 0.3) is 0 Å². The van der Waals surface area contributed by atoms with E-state index in [1.54, 1.807) is 13.8 Å². The van der Waals surface area contributed by atoms with Crippen LogP contribution >= 0.6 is 0 Å². The minimum Gasteiger partial charge on any atom is -0.618 e. The zero-order valence-electron chi connectivity index (χ0n) is 11.6. The van der Waals surface area contributed by atoms with Gasteiger partial charge in [-0.2, -0.15) is 4.73 Å². The first-order valence-corrected chi connectivity index (χ1v) is 5.97. The van der Waals surface area contributed by atoms with E-state index in [0.29, 0.717) is 23.5 Å². The number of nitrogens with zero attached hydrogens (tertiary/aromatic N) is 2. The van der Waals surface area contributed by atoms with Crippen molar-refractivity contribution in [2.45, 2.75) is 53.1 Å². The Morgan fingerprint density at radius 2 is 2.06 bits per heavy atom. The van der Waals surface area contributed by atoms with Crippen molar-refractivity contribution in [1.29, 1.82) is 0 Å². The third-order valence-electron chi connectivity index (χ3n) is 2.50. The van der Waals surface area contributed by atoms with E-state index in [0.717, 1.165) is 4.73 Å². The van der Waals surface area contributed by atoms with Gasteiger partial charge in [0, 0.05) is 13.3 Å². The van der Waals surface area contributed by atoms with Crippen LogP contribution in [-0.4, -0.2) is 16.6 Å². The molecule has 1 aromatic heterocycles. The lowest BCUT2D eigenvalue weighted by atomic mass is 10.2. The van der Waals surface area contributed by atoms with Crippen molar-refractivity contribution >= 4 is 5.97 Å². The highest BCUT2D eigenvalue weighted by atomic mass is 16.6. The molecule has 0 amide bonds. The van der Waals surface area contributed by atoms with E-state index in [4.69, 9.17) is 4.74 Å². The second kappa shape index (κ2) is 5.33. The number of hydrogen-bond acceptors (Lipinski definition) is 4. The standard InChI is InChI=1S/C13H20N2O3/c1-9-10(2)15(17)11(8-14-9)6-7-12(16)18-13(3,4)5/h8H,6-7H2,1-5H3. The van der Waals surface area contributed by atoms with Gasteiger partial charge >= 0.3 is 5.97 Å². The number of carbonyl (C=O) groups is 1. The molecule has 0 aliphatic heterocycles. The fraction of sp³-hybridized carbons (Fsp3) is 0.615. The highest BCUT2D eigenvalue weighted by molar-refractivity contribution is 5.70. The maximum atomic E-state index is 11.8. The van der Waals surface area contributed by atoms with E-state index in [9.17, 15) is 10.0 Å². The predicted octanol–water partition coefficient (Wildman–Crippen LogP) is 1.61. The number of aryl methyl sites for hydroxylation is 2. The van der Waals surface area contributed by atoms with Crippen LogP contribution in [0.3, 0.4) is 0 Å². The molecule has 0 fully saturated rings. The summed E-state index contributed by atoms with van der Waals surface area (Å²) >= 11 is 0. The number of aromatic nitrogens is 2. The van der Waals surface area contributed by atoms with Crippen molar-refractivity contribution in [3.05, 3.63) is 28.5 Å². The molecule has 0 bridgehead atoms. The Kier molecular flexibility index (Phi) is 4.27. The van der Waals surface area contributed by atoms with Gasteiger partial charge in [-0.3, -0.25) is 4.79 Å². The number of carbonyl (C=O) groups excluding carboxylic acids is 1. The molecule has 0 spiro atoms. The van der Waals surface area contributed by atoms with Crippen LogP contribution in [0.4, 0.5) is 0 Å². The normalized spacial score (nSPS) is 11.4. The lowest BCUT2D eigenvalue weighted by Crippen LogP contribution is -2.37. The van der Waals surface area contributed by atoms with Gasteiger partial charge < -0.3 is 9.94 Å². The fourth-order valence-corrected chi connectivity index (χ4v) is 1.47. The summed E-state index contributed by atoms with van der Waals surface area (Å²) in [6.45, 7) is 8.94. The number of rotatable bonds is 3. The summed E-state index contributed by atoms with van der Waals surface area (Å²) in [4.78, 5) is 15.7. The zero-order valence-corrected chi connectivity index (χ0v) is 11.6. The van der Waals surface area contributed by atoms with Crippen molar-refractivity contribution in [3.8, 4) is 0 Å². The maximum Gasteiger partial charge on any atom is 0.306 e. The maximum absolute atomic E-state index is 11.8. The Morgan fingerprint density at radius 1 is 1.44 bits per heavy atom. The molecule has 0 unspecified atom stereocenters. The Morgan fingerprint density at radius 3 is 2.61 bits per heavy atom. The van der Waals surface area contributed by atoms with Crippen molar-refractivity contribution in [1.82, 2.24) is 4.98 Å². The molecular weight excluding hydrogens is 232 g/mol. The van der Waals surface area contributed by atoms with Gasteiger partial charge in [0.05, 0.1) is 12.6 Å². The quantitative estimate of drug-likeness (QED) is 0.465. The smallest absolute Gasteiger partial charge is 0.306 e. The van der Waals surface area contributed by atoms with Crippen molar-refractivity contribution in [2.75, 3.05) is 0 Å². The summed E-state index contributed by atoms with van der Waals surface area (Å²) in [5.74, 6) is -0.305. The van der Waals surface area contributed by atoms with Crippen LogP contribution in [0.15, 0.2) is 6.20 Å². The number of ether oxygens (including phenoxy) is 1. The SMILES string of the molecule is Cc1ncc(CCC(=O)OC(C)(C)C)[n+]([O-])c1C. The van der Waals surface area contributed by atoms with Crippen LogP contribution in [0.5, 0.6) is 0 Å². The van der Waals surface area contributed by atoms with Gasteiger partial charge in [0.1, 0.15) is 11.3 Å². The van der Waals surface area contributed by atoms with Crippen molar-refractivity contribution in [3.63, 3.8) is 0 Å². The molecule has 0 aromatic carbocycles. The zero-order chi connectivity index (χ0) is 13.9. The van der Waals surface area contributed by atoms with Gasteiger partial charge in [0.2, 0.25) is 11.4 Å². The molecule has 0 saturated carbocycles. The highest BCUT2D eigenvalue weighted by Crippen LogP contribution is 2.09. The molecule has 0 aliphatic rings. The Bertz CT molecular complexity index is 450. The molecule has 5 heteroatoms. The van der Waals surface area contributed by atoms with E-state index in [1.165, 1.54) is 6.20 Å². The topological polar surface area (TPSA) is 66.1 Å². The molecule has 1 aromatic rings. The van der Waals surface area contributed by atoms with E-state index in [-0.39, 0.29) is 12.4 Å². The summed E-state index contributed by atoms with van der Waals surface area (Å²) in [7, 11) is 0. The summed E-state index contributed by atoms with van der Waals surface area (Å²) in [6.07, 6.45) is 2.04. The third kappa shape index (κ3) is 3.98. The minimum absolute atomic E-state index is 0.184. The second-order valence-electron chi connectivity index (χ2n) is 5.30. The van der Waals surface area contributed by atoms with E-state index in [2.05, 4.69) is 4.98 Å². The Balaban J connectivity index is 2.65. The molecule has 100 valence electrons. The molecular formula is C13H20N2O3. The molecule has 0 aliphatic carbocycles. The Hall–Kier alpha value is -1.65. The lowest BCUT2D eigenvalue weighted by Gasteiger charge is -2.19. The van der Waals surface area contributed by atoms with Crippen LogP contribution in [0, 0.1) is 19.1 Å². The minimum atomic E-state index is -0.494. The fourth-order valence-electron chi connectivity index (χ4n) is 1.47. The first-order chi connectivity index (χ1) is 8.20. The molecule has 0 N–H and O–H groups in total. The highest BCUT2D eigenvalue weighted by Gasteiger charge is 2.18. The average Bonchev–Trinajstić information content (AvgIpc) is 2.22. The summed E-state index contributed by atoms with van der Waals surface area (Å²) in [6, 6.07) is 0. The summed E-state index contributed by atoms with van der Waals surface area (Å²) in [5.41, 5.74) is 1.26. The molecule has 5 nitrogen and oxygen atoms in total. The van der Waals surface area contributed by atoms with Gasteiger partial charge in [-0.1, -0.05) is 0 Å². The van der Waals surface area contributed by atoms with Gasteiger partial charge in [-0.05, 0) is 27.7 Å². The van der Waals surface area contributed by atoms with Crippen molar-refractivity contribution < 1.29 is 14.3 Å². The monoisotopic (exact) mass is 252 g/mol. The third-order valence-corrected chi connectivity index (χ3v) is 2.50. The van der Waals surface area contributed by atoms with Crippen LogP contribution < -0.4 is 4.73 Å². The van der Waals surface area contributed by atoms with Crippen molar-refractivity contribution in [2.24, 2.45) is 0 Å². The first kappa shape index (κ1) is 14.4. The van der Waals surface area contributed by atoms with Gasteiger partial charge in [-0.25, -0.2) is 4.98 Å². The Labute approximate surface area is 107 Å². The van der Waals surface area contributed by atoms with Gasteiger partial charge in [-0.15, -0.1) is 0 Å². The lowest BCUT2D eigenvalue weighted by molar-refractivity contribution is -0.621. The molecule has 18 heavy (non-hydrogen) atoms. The first-order valence-electron chi connectivity index (χ1n) is 5.97. The second-order valence-corrected chi connectivity index (χ2v) is 5.30. The van der Waals surface area contributed by atoms with Crippen LogP contribution in [0.1, 0.15) is 44.3 Å². The average molecular weight is 252 g/mol. The molecule has 0 radical (unpaired) electrons. The van der Waals surface area contributed by atoms with Gasteiger partial charge in [0.15, 0.2) is 0 Å². The molecule has 1 rings (SSSR count). The van der Waals surface area contributed by atoms with Crippen LogP contribution in [-0.2, 0) is 16.0 Å². The van der Waals surface area contributed by atoms with Gasteiger partial charge in [0.25, 0.3) is 0 Å². The molecule has 0 saturated heterocycles. The summed E-state index contributed by atoms with van der Waals surface area (Å²) < 4.78 is 6.01. The molecule has 1 heterocycles. The van der Waals surface area contributed by atoms with E-state index in [1.807, 2.05) is 20.8 Å². The summed E-state index contributed by atoms with van der Waals surface area (Å²) in [5, 5.41) is 11.8. The molecule has 0 atom stereocenters. The van der Waals surface area contributed by atoms with E-state index >= 15 is 0 Å². The largest absolute Gasteiger partial charge is 0.618 e.